The fourth-order valence-corrected chi connectivity index (χ4v) is 4.83. The summed E-state index contributed by atoms with van der Waals surface area (Å²) >= 11 is 0. The summed E-state index contributed by atoms with van der Waals surface area (Å²) in [6, 6.07) is 14.0. The van der Waals surface area contributed by atoms with Crippen LogP contribution in [-0.4, -0.2) is 46.1 Å². The highest BCUT2D eigenvalue weighted by Gasteiger charge is 2.21. The number of benzene rings is 2. The molecule has 8 heteroatoms. The largest absolute Gasteiger partial charge is 0.486 e. The summed E-state index contributed by atoms with van der Waals surface area (Å²) in [6.45, 7) is 6.13. The maximum Gasteiger partial charge on any atom is 0.339 e. The van der Waals surface area contributed by atoms with Crippen LogP contribution in [0.3, 0.4) is 0 Å². The zero-order chi connectivity index (χ0) is 23.5. The first-order valence-corrected chi connectivity index (χ1v) is 12.0. The highest BCUT2D eigenvalue weighted by molar-refractivity contribution is 7.85. The van der Waals surface area contributed by atoms with Crippen LogP contribution in [-0.2, 0) is 15.5 Å². The lowest BCUT2D eigenvalue weighted by Crippen LogP contribution is -2.17. The number of aryl methyl sites for hydroxylation is 1. The van der Waals surface area contributed by atoms with Gasteiger partial charge in [0.2, 0.25) is 5.78 Å². The van der Waals surface area contributed by atoms with E-state index in [0.29, 0.717) is 40.9 Å². The Morgan fingerprint density at radius 2 is 1.73 bits per heavy atom. The Bertz CT molecular complexity index is 1250. The second-order valence-corrected chi connectivity index (χ2v) is 9.29. The monoisotopic (exact) mass is 467 g/mol. The lowest BCUT2D eigenvalue weighted by Gasteiger charge is -2.20. The SMILES string of the molecule is CCS(=O)c1ccccc1C(=O)OCC(=O)c1cc(C)n(-c2ccc3c(c2)OCCO3)c1C. The smallest absolute Gasteiger partial charge is 0.339 e. The van der Waals surface area contributed by atoms with Crippen LogP contribution in [0.25, 0.3) is 5.69 Å². The third-order valence-electron chi connectivity index (χ3n) is 5.46. The number of aromatic nitrogens is 1. The Morgan fingerprint density at radius 1 is 1.00 bits per heavy atom. The number of nitrogens with zero attached hydrogens (tertiary/aromatic N) is 1. The molecule has 0 amide bonds. The normalized spacial score (nSPS) is 13.4. The molecule has 3 aromatic rings. The molecule has 0 N–H and O–H groups in total. The van der Waals surface area contributed by atoms with Gasteiger partial charge < -0.3 is 18.8 Å². The van der Waals surface area contributed by atoms with Gasteiger partial charge in [-0.15, -0.1) is 0 Å². The minimum Gasteiger partial charge on any atom is -0.486 e. The molecule has 0 radical (unpaired) electrons. The van der Waals surface area contributed by atoms with E-state index in [1.54, 1.807) is 37.3 Å². The predicted octanol–water partition coefficient (Wildman–Crippen LogP) is 4.03. The van der Waals surface area contributed by atoms with Gasteiger partial charge in [-0.2, -0.15) is 0 Å². The Hall–Kier alpha value is -3.39. The first kappa shape index (κ1) is 22.8. The van der Waals surface area contributed by atoms with Crippen molar-refractivity contribution in [3.05, 3.63) is 71.0 Å². The lowest BCUT2D eigenvalue weighted by molar-refractivity contribution is 0.0471. The molecule has 0 saturated heterocycles. The van der Waals surface area contributed by atoms with Crippen LogP contribution in [0.4, 0.5) is 0 Å². The van der Waals surface area contributed by atoms with Crippen molar-refractivity contribution in [1.82, 2.24) is 4.57 Å². The van der Waals surface area contributed by atoms with E-state index in [1.165, 1.54) is 0 Å². The molecule has 1 atom stereocenters. The molecule has 2 heterocycles. The Labute approximate surface area is 194 Å². The number of fused-ring (bicyclic) bond motifs is 1. The summed E-state index contributed by atoms with van der Waals surface area (Å²) in [5, 5.41) is 0. The third kappa shape index (κ3) is 4.57. The van der Waals surface area contributed by atoms with Crippen molar-refractivity contribution >= 4 is 22.6 Å². The van der Waals surface area contributed by atoms with Gasteiger partial charge in [-0.1, -0.05) is 19.1 Å². The van der Waals surface area contributed by atoms with E-state index in [1.807, 2.05) is 36.6 Å². The topological polar surface area (TPSA) is 83.8 Å². The molecule has 1 aliphatic heterocycles. The maximum absolute atomic E-state index is 12.9. The van der Waals surface area contributed by atoms with E-state index >= 15 is 0 Å². The molecule has 1 unspecified atom stereocenters. The van der Waals surface area contributed by atoms with E-state index in [-0.39, 0.29) is 11.3 Å². The molecule has 1 aromatic heterocycles. The summed E-state index contributed by atoms with van der Waals surface area (Å²) in [4.78, 5) is 25.9. The number of carbonyl (C=O) groups is 2. The molecule has 0 bridgehead atoms. The number of carbonyl (C=O) groups excluding carboxylic acids is 2. The van der Waals surface area contributed by atoms with E-state index in [4.69, 9.17) is 14.2 Å². The zero-order valence-electron chi connectivity index (χ0n) is 18.8. The number of ketones is 1. The molecule has 0 aliphatic carbocycles. The van der Waals surface area contributed by atoms with Crippen molar-refractivity contribution < 1.29 is 28.0 Å². The van der Waals surface area contributed by atoms with Crippen LogP contribution in [0.1, 0.15) is 39.0 Å². The average Bonchev–Trinajstić information content (AvgIpc) is 3.15. The molecular weight excluding hydrogens is 442 g/mol. The number of ether oxygens (including phenoxy) is 3. The Kier molecular flexibility index (Phi) is 6.65. The van der Waals surface area contributed by atoms with Gasteiger partial charge >= 0.3 is 5.97 Å². The second kappa shape index (κ2) is 9.62. The van der Waals surface area contributed by atoms with Gasteiger partial charge in [0.15, 0.2) is 18.1 Å². The van der Waals surface area contributed by atoms with Crippen molar-refractivity contribution in [2.45, 2.75) is 25.7 Å². The fourth-order valence-electron chi connectivity index (χ4n) is 3.89. The number of Topliss-reactive ketones (excluding diaryl/α,β-unsaturated/α-hetero) is 1. The van der Waals surface area contributed by atoms with Crippen molar-refractivity contribution in [3.63, 3.8) is 0 Å². The molecule has 0 spiro atoms. The van der Waals surface area contributed by atoms with Gasteiger partial charge in [-0.25, -0.2) is 4.79 Å². The summed E-state index contributed by atoms with van der Waals surface area (Å²) in [5.41, 5.74) is 3.13. The van der Waals surface area contributed by atoms with Crippen LogP contribution < -0.4 is 9.47 Å². The maximum atomic E-state index is 12.9. The average molecular weight is 468 g/mol. The number of hydrogen-bond acceptors (Lipinski definition) is 6. The fraction of sp³-hybridized carbons (Fsp3) is 0.280. The van der Waals surface area contributed by atoms with Crippen LogP contribution in [0.2, 0.25) is 0 Å². The highest BCUT2D eigenvalue weighted by Crippen LogP contribution is 2.33. The van der Waals surface area contributed by atoms with Gasteiger partial charge in [0.1, 0.15) is 13.2 Å². The first-order valence-electron chi connectivity index (χ1n) is 10.7. The summed E-state index contributed by atoms with van der Waals surface area (Å²) < 4.78 is 30.7. The van der Waals surface area contributed by atoms with E-state index in [0.717, 1.165) is 17.1 Å². The third-order valence-corrected chi connectivity index (χ3v) is 6.84. The van der Waals surface area contributed by atoms with Gasteiger partial charge in [0, 0.05) is 34.5 Å². The lowest BCUT2D eigenvalue weighted by atomic mass is 10.1. The molecule has 0 fully saturated rings. The van der Waals surface area contributed by atoms with Crippen LogP contribution in [0.5, 0.6) is 11.5 Å². The van der Waals surface area contributed by atoms with Gasteiger partial charge in [-0.3, -0.25) is 9.00 Å². The van der Waals surface area contributed by atoms with Crippen molar-refractivity contribution in [3.8, 4) is 17.2 Å². The highest BCUT2D eigenvalue weighted by atomic mass is 32.2. The Morgan fingerprint density at radius 3 is 2.48 bits per heavy atom. The molecule has 172 valence electrons. The van der Waals surface area contributed by atoms with Crippen LogP contribution >= 0.6 is 0 Å². The minimum absolute atomic E-state index is 0.215. The van der Waals surface area contributed by atoms with Crippen molar-refractivity contribution in [2.75, 3.05) is 25.6 Å². The number of rotatable bonds is 7. The van der Waals surface area contributed by atoms with Crippen molar-refractivity contribution in [1.29, 1.82) is 0 Å². The molecule has 1 aliphatic rings. The Balaban J connectivity index is 1.53. The van der Waals surface area contributed by atoms with Crippen molar-refractivity contribution in [2.24, 2.45) is 0 Å². The molecule has 2 aromatic carbocycles. The van der Waals surface area contributed by atoms with E-state index < -0.39 is 23.4 Å². The standard InChI is InChI=1S/C25H25NO6S/c1-4-33(29)24-8-6-5-7-19(24)25(28)32-15-21(27)20-13-16(2)26(17(20)3)18-9-10-22-23(14-18)31-12-11-30-22/h5-10,13-14H,4,11-12,15H2,1-3H3. The zero-order valence-corrected chi connectivity index (χ0v) is 19.6. The van der Waals surface area contributed by atoms with Crippen LogP contribution in [0, 0.1) is 13.8 Å². The summed E-state index contributed by atoms with van der Waals surface area (Å²) in [5.74, 6) is 0.765. The molecule has 0 saturated carbocycles. The predicted molar refractivity (Wildman–Crippen MR) is 124 cm³/mol. The minimum atomic E-state index is -1.31. The second-order valence-electron chi connectivity index (χ2n) is 7.58. The summed E-state index contributed by atoms with van der Waals surface area (Å²) in [6.07, 6.45) is 0. The van der Waals surface area contributed by atoms with Gasteiger partial charge in [0.25, 0.3) is 0 Å². The van der Waals surface area contributed by atoms with Gasteiger partial charge in [0.05, 0.1) is 21.3 Å². The van der Waals surface area contributed by atoms with E-state index in [9.17, 15) is 13.8 Å². The molecule has 4 rings (SSSR count). The molecular formula is C25H25NO6S. The molecule has 7 nitrogen and oxygen atoms in total. The molecule has 33 heavy (non-hydrogen) atoms. The summed E-state index contributed by atoms with van der Waals surface area (Å²) in [7, 11) is -1.31. The number of esters is 1. The first-order chi connectivity index (χ1) is 15.9. The van der Waals surface area contributed by atoms with Gasteiger partial charge in [-0.05, 0) is 44.2 Å². The van der Waals surface area contributed by atoms with E-state index in [2.05, 4.69) is 0 Å². The quantitative estimate of drug-likeness (QED) is 0.385. The van der Waals surface area contributed by atoms with Crippen LogP contribution in [0.15, 0.2) is 53.4 Å². The number of hydrogen-bond donors (Lipinski definition) is 0.